The second kappa shape index (κ2) is 5.64. The van der Waals surface area contributed by atoms with Gasteiger partial charge in [-0.2, -0.15) is 0 Å². The Bertz CT molecular complexity index is 530. The maximum Gasteiger partial charge on any atom is 0.243 e. The first kappa shape index (κ1) is 13.9. The van der Waals surface area contributed by atoms with Crippen molar-refractivity contribution in [3.8, 4) is 0 Å². The lowest BCUT2D eigenvalue weighted by molar-refractivity contribution is 0.427. The summed E-state index contributed by atoms with van der Waals surface area (Å²) in [6.07, 6.45) is 1.68. The highest BCUT2D eigenvalue weighted by Crippen LogP contribution is 2.20. The molecule has 0 aliphatic carbocycles. The van der Waals surface area contributed by atoms with Crippen LogP contribution in [0.15, 0.2) is 27.6 Å². The van der Waals surface area contributed by atoms with Crippen LogP contribution in [0.4, 0.5) is 4.39 Å². The van der Waals surface area contributed by atoms with Gasteiger partial charge in [0.25, 0.3) is 0 Å². The van der Waals surface area contributed by atoms with Gasteiger partial charge in [-0.15, -0.1) is 0 Å². The number of hydrogen-bond donors (Lipinski definition) is 2. The minimum atomic E-state index is -3.79. The molecule has 1 aliphatic heterocycles. The summed E-state index contributed by atoms with van der Waals surface area (Å²) in [6.45, 7) is 1.47. The quantitative estimate of drug-likeness (QED) is 0.881. The van der Waals surface area contributed by atoms with Gasteiger partial charge in [-0.3, -0.25) is 0 Å². The van der Waals surface area contributed by atoms with Crippen molar-refractivity contribution in [2.24, 2.45) is 0 Å². The van der Waals surface area contributed by atoms with Crippen molar-refractivity contribution in [3.63, 3.8) is 0 Å². The van der Waals surface area contributed by atoms with Gasteiger partial charge in [-0.05, 0) is 37.6 Å². The minimum absolute atomic E-state index is 0.174. The fourth-order valence-electron chi connectivity index (χ4n) is 1.93. The van der Waals surface area contributed by atoms with E-state index in [-0.39, 0.29) is 10.9 Å². The van der Waals surface area contributed by atoms with E-state index in [0.29, 0.717) is 11.0 Å². The first-order valence-electron chi connectivity index (χ1n) is 5.67. The highest BCUT2D eigenvalue weighted by atomic mass is 79.9. The van der Waals surface area contributed by atoms with Crippen LogP contribution >= 0.6 is 15.9 Å². The highest BCUT2D eigenvalue weighted by Gasteiger charge is 2.24. The van der Waals surface area contributed by atoms with E-state index in [9.17, 15) is 12.8 Å². The fourth-order valence-corrected chi connectivity index (χ4v) is 3.59. The average molecular weight is 337 g/mol. The molecule has 0 bridgehead atoms. The average Bonchev–Trinajstić information content (AvgIpc) is 2.29. The van der Waals surface area contributed by atoms with E-state index in [0.717, 1.165) is 25.5 Å². The number of nitrogens with one attached hydrogen (secondary N) is 2. The molecule has 0 spiro atoms. The third-order valence-corrected chi connectivity index (χ3v) is 4.85. The fraction of sp³-hybridized carbons (Fsp3) is 0.455. The first-order valence-corrected chi connectivity index (χ1v) is 7.95. The third-order valence-electron chi connectivity index (χ3n) is 2.80. The molecule has 1 aromatic carbocycles. The molecule has 4 nitrogen and oxygen atoms in total. The molecule has 1 saturated heterocycles. The van der Waals surface area contributed by atoms with Crippen molar-refractivity contribution in [1.82, 2.24) is 10.0 Å². The zero-order valence-electron chi connectivity index (χ0n) is 9.62. The Kier molecular flexibility index (Phi) is 4.37. The van der Waals surface area contributed by atoms with Crippen LogP contribution in [0, 0.1) is 5.82 Å². The molecular weight excluding hydrogens is 323 g/mol. The number of hydrogen-bond acceptors (Lipinski definition) is 3. The predicted octanol–water partition coefficient (Wildman–Crippen LogP) is 1.62. The Balaban J connectivity index is 2.19. The summed E-state index contributed by atoms with van der Waals surface area (Å²) in [5, 5.41) is 3.10. The monoisotopic (exact) mass is 336 g/mol. The molecule has 1 aliphatic rings. The molecule has 1 atom stereocenters. The molecule has 18 heavy (non-hydrogen) atoms. The molecule has 1 fully saturated rings. The van der Waals surface area contributed by atoms with Gasteiger partial charge in [0.05, 0.1) is 0 Å². The van der Waals surface area contributed by atoms with Gasteiger partial charge in [0.2, 0.25) is 10.0 Å². The van der Waals surface area contributed by atoms with Crippen molar-refractivity contribution < 1.29 is 12.8 Å². The smallest absolute Gasteiger partial charge is 0.243 e. The second-order valence-electron chi connectivity index (χ2n) is 4.24. The first-order chi connectivity index (χ1) is 8.49. The molecule has 7 heteroatoms. The van der Waals surface area contributed by atoms with E-state index < -0.39 is 15.8 Å². The summed E-state index contributed by atoms with van der Waals surface area (Å²) < 4.78 is 40.8. The van der Waals surface area contributed by atoms with Crippen molar-refractivity contribution in [2.75, 3.05) is 13.1 Å². The van der Waals surface area contributed by atoms with Gasteiger partial charge in [0, 0.05) is 17.1 Å². The normalized spacial score (nSPS) is 20.9. The second-order valence-corrected chi connectivity index (χ2v) is 6.84. The van der Waals surface area contributed by atoms with Gasteiger partial charge in [-0.1, -0.05) is 15.9 Å². The highest BCUT2D eigenvalue weighted by molar-refractivity contribution is 9.10. The van der Waals surface area contributed by atoms with Crippen molar-refractivity contribution >= 4 is 26.0 Å². The maximum absolute atomic E-state index is 13.6. The zero-order valence-corrected chi connectivity index (χ0v) is 12.0. The topological polar surface area (TPSA) is 58.2 Å². The summed E-state index contributed by atoms with van der Waals surface area (Å²) in [5.41, 5.74) is 0. The van der Waals surface area contributed by atoms with Crippen LogP contribution in [0.5, 0.6) is 0 Å². The number of benzene rings is 1. The molecular formula is C11H14BrFN2O2S. The molecule has 0 saturated carbocycles. The van der Waals surface area contributed by atoms with Crippen LogP contribution in [-0.2, 0) is 10.0 Å². The van der Waals surface area contributed by atoms with Crippen LogP contribution < -0.4 is 10.0 Å². The maximum atomic E-state index is 13.6. The molecule has 1 aromatic rings. The standard InChI is InChI=1S/C11H14BrFN2O2S/c12-8-3-4-11(10(13)6-8)18(16,17)15-9-2-1-5-14-7-9/h3-4,6,9,14-15H,1-2,5,7H2/t9-/m1/s1. The van der Waals surface area contributed by atoms with Crippen LogP contribution in [0.25, 0.3) is 0 Å². The lowest BCUT2D eigenvalue weighted by Gasteiger charge is -2.23. The summed E-state index contributed by atoms with van der Waals surface area (Å²) in [7, 11) is -3.79. The summed E-state index contributed by atoms with van der Waals surface area (Å²) in [4.78, 5) is -0.309. The van der Waals surface area contributed by atoms with Crippen LogP contribution in [0.1, 0.15) is 12.8 Å². The Hall–Kier alpha value is -0.500. The number of rotatable bonds is 3. The van der Waals surface area contributed by atoms with Gasteiger partial charge in [0.1, 0.15) is 10.7 Å². The largest absolute Gasteiger partial charge is 0.315 e. The summed E-state index contributed by atoms with van der Waals surface area (Å²) in [6, 6.07) is 3.74. The number of sulfonamides is 1. The molecule has 2 rings (SSSR count). The SMILES string of the molecule is O=S(=O)(N[C@@H]1CCCNC1)c1ccc(Br)cc1F. The van der Waals surface area contributed by atoms with Crippen molar-refractivity contribution in [3.05, 3.63) is 28.5 Å². The van der Waals surface area contributed by atoms with E-state index in [1.807, 2.05) is 0 Å². The number of piperidine rings is 1. The van der Waals surface area contributed by atoms with Crippen LogP contribution in [0.2, 0.25) is 0 Å². The molecule has 1 heterocycles. The Labute approximate surface area is 114 Å². The Morgan fingerprint density at radius 2 is 2.22 bits per heavy atom. The van der Waals surface area contributed by atoms with Crippen molar-refractivity contribution in [1.29, 1.82) is 0 Å². The van der Waals surface area contributed by atoms with E-state index in [1.54, 1.807) is 0 Å². The van der Waals surface area contributed by atoms with Crippen LogP contribution in [-0.4, -0.2) is 27.5 Å². The van der Waals surface area contributed by atoms with Gasteiger partial charge < -0.3 is 5.32 Å². The predicted molar refractivity (Wildman–Crippen MR) is 70.3 cm³/mol. The van der Waals surface area contributed by atoms with E-state index >= 15 is 0 Å². The number of halogens is 2. The van der Waals surface area contributed by atoms with Gasteiger partial charge in [-0.25, -0.2) is 17.5 Å². The minimum Gasteiger partial charge on any atom is -0.315 e. The molecule has 0 amide bonds. The lowest BCUT2D eigenvalue weighted by atomic mass is 10.1. The van der Waals surface area contributed by atoms with Gasteiger partial charge in [0.15, 0.2) is 0 Å². The molecule has 2 N–H and O–H groups in total. The summed E-state index contributed by atoms with van der Waals surface area (Å²) in [5.74, 6) is -0.749. The Morgan fingerprint density at radius 1 is 1.44 bits per heavy atom. The summed E-state index contributed by atoms with van der Waals surface area (Å²) >= 11 is 3.10. The Morgan fingerprint density at radius 3 is 2.83 bits per heavy atom. The van der Waals surface area contributed by atoms with Crippen molar-refractivity contribution in [2.45, 2.75) is 23.8 Å². The molecule has 0 radical (unpaired) electrons. The van der Waals surface area contributed by atoms with Gasteiger partial charge >= 0.3 is 0 Å². The van der Waals surface area contributed by atoms with Crippen LogP contribution in [0.3, 0.4) is 0 Å². The van der Waals surface area contributed by atoms with E-state index in [1.165, 1.54) is 12.1 Å². The molecule has 0 aromatic heterocycles. The van der Waals surface area contributed by atoms with E-state index in [2.05, 4.69) is 26.0 Å². The third kappa shape index (κ3) is 3.28. The molecule has 0 unspecified atom stereocenters. The lowest BCUT2D eigenvalue weighted by Crippen LogP contribution is -2.45. The zero-order chi connectivity index (χ0) is 13.2. The van der Waals surface area contributed by atoms with E-state index in [4.69, 9.17) is 0 Å². The molecule has 100 valence electrons.